The molecule has 0 aliphatic heterocycles. The molecule has 0 radical (unpaired) electrons. The molecule has 0 heterocycles. The van der Waals surface area contributed by atoms with E-state index in [0.717, 1.165) is 32.1 Å². The fourth-order valence-electron chi connectivity index (χ4n) is 3.96. The fourth-order valence-corrected chi connectivity index (χ4v) is 3.96. The summed E-state index contributed by atoms with van der Waals surface area (Å²) in [6.07, 6.45) is 12.7. The summed E-state index contributed by atoms with van der Waals surface area (Å²) in [5.41, 5.74) is 3.30. The van der Waals surface area contributed by atoms with Gasteiger partial charge in [0.1, 0.15) is 11.6 Å². The molecule has 2 nitrogen and oxygen atoms in total. The van der Waals surface area contributed by atoms with Gasteiger partial charge in [0.25, 0.3) is 0 Å². The molecule has 0 fully saturated rings. The quantitative estimate of drug-likeness (QED) is 0.383. The number of carbonyl (C=O) groups excluding carboxylic acids is 2. The molecule has 27 heavy (non-hydrogen) atoms. The third-order valence-corrected chi connectivity index (χ3v) is 6.45. The number of hydrogen-bond acceptors (Lipinski definition) is 2. The van der Waals surface area contributed by atoms with Gasteiger partial charge >= 0.3 is 0 Å². The zero-order valence-electron chi connectivity index (χ0n) is 18.9. The third-order valence-electron chi connectivity index (χ3n) is 6.45. The average Bonchev–Trinajstić information content (AvgIpc) is 2.57. The molecule has 0 aromatic carbocycles. The van der Waals surface area contributed by atoms with Gasteiger partial charge in [0.05, 0.1) is 0 Å². The van der Waals surface area contributed by atoms with E-state index in [-0.39, 0.29) is 17.0 Å². The normalized spacial score (nSPS) is 22.3. The highest BCUT2D eigenvalue weighted by atomic mass is 16.1. The second-order valence-electron chi connectivity index (χ2n) is 9.84. The van der Waals surface area contributed by atoms with E-state index in [1.165, 1.54) is 12.0 Å². The Bertz CT molecular complexity index is 559. The molecule has 0 amide bonds. The van der Waals surface area contributed by atoms with Gasteiger partial charge in [0, 0.05) is 12.8 Å². The Morgan fingerprint density at radius 2 is 1.63 bits per heavy atom. The van der Waals surface area contributed by atoms with Crippen molar-refractivity contribution in [1.82, 2.24) is 0 Å². The number of allylic oxidation sites excluding steroid dienone is 4. The zero-order chi connectivity index (χ0) is 20.6. The number of Topliss-reactive ketones (excluding diaryl/α,β-unsaturated/α-hetero) is 2. The smallest absolute Gasteiger partial charge is 0.129 e. The van der Waals surface area contributed by atoms with Crippen LogP contribution in [0, 0.1) is 23.2 Å². The van der Waals surface area contributed by atoms with E-state index in [9.17, 15) is 9.59 Å². The molecule has 1 aliphatic rings. The summed E-state index contributed by atoms with van der Waals surface area (Å²) in [5.74, 6) is 2.29. The molecule has 3 atom stereocenters. The molecule has 0 saturated carbocycles. The first-order chi connectivity index (χ1) is 12.5. The van der Waals surface area contributed by atoms with Crippen molar-refractivity contribution in [2.75, 3.05) is 0 Å². The summed E-state index contributed by atoms with van der Waals surface area (Å²) in [4.78, 5) is 22.9. The topological polar surface area (TPSA) is 34.1 Å². The van der Waals surface area contributed by atoms with E-state index < -0.39 is 0 Å². The minimum Gasteiger partial charge on any atom is -0.300 e. The van der Waals surface area contributed by atoms with Gasteiger partial charge in [-0.2, -0.15) is 0 Å². The van der Waals surface area contributed by atoms with Crippen LogP contribution in [-0.2, 0) is 9.59 Å². The second-order valence-corrected chi connectivity index (χ2v) is 9.84. The summed E-state index contributed by atoms with van der Waals surface area (Å²) in [7, 11) is 0. The Morgan fingerprint density at radius 1 is 1.07 bits per heavy atom. The van der Waals surface area contributed by atoms with Gasteiger partial charge < -0.3 is 9.59 Å². The molecule has 3 unspecified atom stereocenters. The highest BCUT2D eigenvalue weighted by Gasteiger charge is 2.27. The van der Waals surface area contributed by atoms with Crippen molar-refractivity contribution in [3.63, 3.8) is 0 Å². The highest BCUT2D eigenvalue weighted by molar-refractivity contribution is 5.75. The maximum atomic E-state index is 11.5. The van der Waals surface area contributed by atoms with Crippen LogP contribution in [0.5, 0.6) is 0 Å². The van der Waals surface area contributed by atoms with Crippen LogP contribution in [0.4, 0.5) is 0 Å². The van der Waals surface area contributed by atoms with E-state index in [0.29, 0.717) is 30.6 Å². The van der Waals surface area contributed by atoms with Gasteiger partial charge in [-0.05, 0) is 82.5 Å². The summed E-state index contributed by atoms with van der Waals surface area (Å²) in [6.45, 7) is 14.8. The summed E-state index contributed by atoms with van der Waals surface area (Å²) in [5, 5.41) is 0. The van der Waals surface area contributed by atoms with Gasteiger partial charge in [0.15, 0.2) is 0 Å². The first kappa shape index (κ1) is 23.9. The monoisotopic (exact) mass is 374 g/mol. The molecule has 1 rings (SSSR count). The van der Waals surface area contributed by atoms with Crippen LogP contribution in [-0.4, -0.2) is 11.6 Å². The molecule has 0 bridgehead atoms. The SMILES string of the molecule is CC(=O)CCC1CC=C(C(C)CC/C=C(\C)C(C)(C)C)CC1CCC(C)=O. The van der Waals surface area contributed by atoms with Crippen molar-refractivity contribution in [2.45, 2.75) is 99.8 Å². The second kappa shape index (κ2) is 11.0. The van der Waals surface area contributed by atoms with Crippen LogP contribution in [0.15, 0.2) is 23.3 Å². The Hall–Kier alpha value is -1.18. The van der Waals surface area contributed by atoms with Gasteiger partial charge in [-0.1, -0.05) is 51.0 Å². The van der Waals surface area contributed by atoms with Crippen LogP contribution in [0.1, 0.15) is 99.8 Å². The van der Waals surface area contributed by atoms with Crippen LogP contribution < -0.4 is 0 Å². The van der Waals surface area contributed by atoms with Crippen molar-refractivity contribution in [2.24, 2.45) is 23.2 Å². The standard InChI is InChI=1S/C25H42O2/c1-18(9-8-10-19(2)25(5,6)7)23-16-15-22(13-11-20(3)26)24(17-23)14-12-21(4)27/h10,16,18,22,24H,8-9,11-15,17H2,1-7H3/b19-10+. The molecule has 0 aromatic heterocycles. The minimum atomic E-state index is 0.259. The lowest BCUT2D eigenvalue weighted by Gasteiger charge is -2.33. The van der Waals surface area contributed by atoms with Crippen LogP contribution >= 0.6 is 0 Å². The van der Waals surface area contributed by atoms with E-state index >= 15 is 0 Å². The largest absolute Gasteiger partial charge is 0.300 e. The fraction of sp³-hybridized carbons (Fsp3) is 0.760. The van der Waals surface area contributed by atoms with Crippen LogP contribution in [0.25, 0.3) is 0 Å². The predicted octanol–water partition coefficient (Wildman–Crippen LogP) is 7.09. The summed E-state index contributed by atoms with van der Waals surface area (Å²) < 4.78 is 0. The third kappa shape index (κ3) is 9.04. The van der Waals surface area contributed by atoms with Gasteiger partial charge in [-0.25, -0.2) is 0 Å². The van der Waals surface area contributed by atoms with E-state index in [1.54, 1.807) is 19.4 Å². The molecule has 0 spiro atoms. The molecule has 2 heteroatoms. The van der Waals surface area contributed by atoms with Crippen molar-refractivity contribution in [1.29, 1.82) is 0 Å². The molecule has 154 valence electrons. The van der Waals surface area contributed by atoms with E-state index in [4.69, 9.17) is 0 Å². The van der Waals surface area contributed by atoms with Crippen molar-refractivity contribution < 1.29 is 9.59 Å². The molecular weight excluding hydrogens is 332 g/mol. The maximum absolute atomic E-state index is 11.5. The van der Waals surface area contributed by atoms with E-state index in [2.05, 4.69) is 46.8 Å². The predicted molar refractivity (Wildman–Crippen MR) is 116 cm³/mol. The Balaban J connectivity index is 2.68. The van der Waals surface area contributed by atoms with Gasteiger partial charge in [-0.3, -0.25) is 0 Å². The Labute approximate surface area is 167 Å². The lowest BCUT2D eigenvalue weighted by Crippen LogP contribution is -2.22. The first-order valence-electron chi connectivity index (χ1n) is 10.9. The first-order valence-corrected chi connectivity index (χ1v) is 10.9. The molecule has 0 N–H and O–H groups in total. The summed E-state index contributed by atoms with van der Waals surface area (Å²) in [6, 6.07) is 0. The lowest BCUT2D eigenvalue weighted by atomic mass is 9.72. The lowest BCUT2D eigenvalue weighted by molar-refractivity contribution is -0.118. The number of ketones is 2. The van der Waals surface area contributed by atoms with Crippen LogP contribution in [0.2, 0.25) is 0 Å². The zero-order valence-corrected chi connectivity index (χ0v) is 18.9. The van der Waals surface area contributed by atoms with Crippen LogP contribution in [0.3, 0.4) is 0 Å². The Morgan fingerprint density at radius 3 is 2.15 bits per heavy atom. The molecule has 0 aromatic rings. The number of rotatable bonds is 10. The Kier molecular flexibility index (Phi) is 9.70. The molecule has 0 saturated heterocycles. The summed E-state index contributed by atoms with van der Waals surface area (Å²) >= 11 is 0. The average molecular weight is 375 g/mol. The minimum absolute atomic E-state index is 0.259. The maximum Gasteiger partial charge on any atom is 0.129 e. The molecular formula is C25H42O2. The van der Waals surface area contributed by atoms with Crippen molar-refractivity contribution in [3.05, 3.63) is 23.3 Å². The van der Waals surface area contributed by atoms with Gasteiger partial charge in [0.2, 0.25) is 0 Å². The van der Waals surface area contributed by atoms with E-state index in [1.807, 2.05) is 0 Å². The number of carbonyl (C=O) groups is 2. The van der Waals surface area contributed by atoms with Crippen molar-refractivity contribution in [3.8, 4) is 0 Å². The highest BCUT2D eigenvalue weighted by Crippen LogP contribution is 2.39. The molecule has 1 aliphatic carbocycles. The number of hydrogen-bond donors (Lipinski definition) is 0. The van der Waals surface area contributed by atoms with Gasteiger partial charge in [-0.15, -0.1) is 0 Å². The van der Waals surface area contributed by atoms with Crippen molar-refractivity contribution >= 4 is 11.6 Å².